The lowest BCUT2D eigenvalue weighted by Gasteiger charge is -2.47. The van der Waals surface area contributed by atoms with E-state index in [4.69, 9.17) is 4.74 Å². The molecule has 3 aliphatic heterocycles. The number of piperidine rings is 2. The highest BCUT2D eigenvalue weighted by Crippen LogP contribution is 2.40. The highest BCUT2D eigenvalue weighted by molar-refractivity contribution is 5.79. The second kappa shape index (κ2) is 8.42. The maximum absolute atomic E-state index is 13.3. The van der Waals surface area contributed by atoms with Crippen molar-refractivity contribution in [3.05, 3.63) is 35.1 Å². The fourth-order valence-corrected chi connectivity index (χ4v) is 5.07. The molecule has 1 aromatic rings. The Morgan fingerprint density at radius 3 is 2.76 bits per heavy atom. The molecule has 3 saturated heterocycles. The van der Waals surface area contributed by atoms with Gasteiger partial charge >= 0.3 is 0 Å². The number of likely N-dealkylation sites (tertiary alicyclic amines) is 2. The SMILES string of the molecule is Cc1cc(F)ccc1CC(=O)N1CCC2(CCC(=O)N(C[C@@H]3CCCO3)C2)CC1. The van der Waals surface area contributed by atoms with E-state index in [1.807, 2.05) is 16.7 Å². The molecule has 3 aliphatic rings. The molecular formula is C23H31FN2O3. The van der Waals surface area contributed by atoms with Crippen molar-refractivity contribution in [3.8, 4) is 0 Å². The highest BCUT2D eigenvalue weighted by atomic mass is 19.1. The zero-order valence-electron chi connectivity index (χ0n) is 17.3. The second-order valence-electron chi connectivity index (χ2n) is 9.04. The minimum atomic E-state index is -0.266. The van der Waals surface area contributed by atoms with E-state index in [1.54, 1.807) is 6.07 Å². The quantitative estimate of drug-likeness (QED) is 0.778. The molecule has 158 valence electrons. The van der Waals surface area contributed by atoms with E-state index in [9.17, 15) is 14.0 Å². The molecule has 0 radical (unpaired) electrons. The Kier molecular flexibility index (Phi) is 5.91. The minimum absolute atomic E-state index is 0.109. The van der Waals surface area contributed by atoms with Crippen LogP contribution in [0.25, 0.3) is 0 Å². The topological polar surface area (TPSA) is 49.9 Å². The summed E-state index contributed by atoms with van der Waals surface area (Å²) in [4.78, 5) is 29.1. The van der Waals surface area contributed by atoms with Crippen LogP contribution < -0.4 is 0 Å². The number of hydrogen-bond donors (Lipinski definition) is 0. The second-order valence-corrected chi connectivity index (χ2v) is 9.04. The predicted molar refractivity (Wildman–Crippen MR) is 108 cm³/mol. The maximum atomic E-state index is 13.3. The first kappa shape index (κ1) is 20.3. The summed E-state index contributed by atoms with van der Waals surface area (Å²) in [5, 5.41) is 0. The number of hydrogen-bond acceptors (Lipinski definition) is 3. The Labute approximate surface area is 172 Å². The van der Waals surface area contributed by atoms with Gasteiger partial charge in [0.25, 0.3) is 0 Å². The van der Waals surface area contributed by atoms with E-state index in [-0.39, 0.29) is 29.2 Å². The van der Waals surface area contributed by atoms with Gasteiger partial charge in [0.1, 0.15) is 5.82 Å². The van der Waals surface area contributed by atoms with Crippen LogP contribution in [0.1, 0.15) is 49.7 Å². The van der Waals surface area contributed by atoms with E-state index in [0.29, 0.717) is 19.4 Å². The zero-order valence-corrected chi connectivity index (χ0v) is 17.3. The molecule has 0 aromatic heterocycles. The summed E-state index contributed by atoms with van der Waals surface area (Å²) < 4.78 is 19.0. The van der Waals surface area contributed by atoms with E-state index >= 15 is 0 Å². The van der Waals surface area contributed by atoms with Gasteiger partial charge in [0.15, 0.2) is 0 Å². The summed E-state index contributed by atoms with van der Waals surface area (Å²) in [5.74, 6) is 0.0899. The number of nitrogens with zero attached hydrogens (tertiary/aromatic N) is 2. The normalized spacial score (nSPS) is 24.3. The summed E-state index contributed by atoms with van der Waals surface area (Å²) >= 11 is 0. The Bertz CT molecular complexity index is 767. The van der Waals surface area contributed by atoms with Crippen LogP contribution in [0.2, 0.25) is 0 Å². The largest absolute Gasteiger partial charge is 0.376 e. The molecule has 6 heteroatoms. The van der Waals surface area contributed by atoms with E-state index in [1.165, 1.54) is 12.1 Å². The first-order valence-electron chi connectivity index (χ1n) is 10.9. The van der Waals surface area contributed by atoms with Crippen molar-refractivity contribution >= 4 is 11.8 Å². The van der Waals surface area contributed by atoms with E-state index in [2.05, 4.69) is 0 Å². The van der Waals surface area contributed by atoms with Crippen molar-refractivity contribution in [2.24, 2.45) is 5.41 Å². The first-order valence-corrected chi connectivity index (χ1v) is 10.9. The van der Waals surface area contributed by atoms with Gasteiger partial charge in [-0.3, -0.25) is 9.59 Å². The van der Waals surface area contributed by atoms with Crippen molar-refractivity contribution in [2.45, 2.75) is 58.0 Å². The Balaban J connectivity index is 1.33. The van der Waals surface area contributed by atoms with Crippen molar-refractivity contribution in [3.63, 3.8) is 0 Å². The molecule has 1 spiro atoms. The molecule has 0 N–H and O–H groups in total. The third kappa shape index (κ3) is 4.63. The standard InChI is InChI=1S/C23H31FN2O3/c1-17-13-19(24)5-4-18(17)14-22(28)25-10-8-23(9-11-25)7-6-21(27)26(16-23)15-20-3-2-12-29-20/h4-5,13,20H,2-3,6-12,14-16H2,1H3/t20-/m0/s1. The van der Waals surface area contributed by atoms with Gasteiger partial charge in [-0.1, -0.05) is 6.07 Å². The summed E-state index contributed by atoms with van der Waals surface area (Å²) in [7, 11) is 0. The fraction of sp³-hybridized carbons (Fsp3) is 0.652. The molecule has 1 aromatic carbocycles. The number of benzene rings is 1. The fourth-order valence-electron chi connectivity index (χ4n) is 5.07. The van der Waals surface area contributed by atoms with Gasteiger partial charge in [-0.05, 0) is 67.7 Å². The lowest BCUT2D eigenvalue weighted by molar-refractivity contribution is -0.143. The molecule has 2 amide bonds. The van der Waals surface area contributed by atoms with Crippen LogP contribution in [0.5, 0.6) is 0 Å². The molecule has 0 bridgehead atoms. The average Bonchev–Trinajstić information content (AvgIpc) is 3.21. The molecule has 0 saturated carbocycles. The van der Waals surface area contributed by atoms with Gasteiger partial charge in [-0.25, -0.2) is 4.39 Å². The van der Waals surface area contributed by atoms with Crippen LogP contribution >= 0.6 is 0 Å². The molecule has 3 fully saturated rings. The van der Waals surface area contributed by atoms with Crippen LogP contribution in [-0.4, -0.2) is 60.5 Å². The molecule has 0 aliphatic carbocycles. The number of ether oxygens (including phenoxy) is 1. The van der Waals surface area contributed by atoms with Crippen LogP contribution in [-0.2, 0) is 20.7 Å². The van der Waals surface area contributed by atoms with Crippen LogP contribution in [0, 0.1) is 18.2 Å². The van der Waals surface area contributed by atoms with E-state index < -0.39 is 0 Å². The Morgan fingerprint density at radius 1 is 1.28 bits per heavy atom. The van der Waals surface area contributed by atoms with Gasteiger partial charge < -0.3 is 14.5 Å². The van der Waals surface area contributed by atoms with E-state index in [0.717, 1.165) is 69.5 Å². The molecule has 5 nitrogen and oxygen atoms in total. The molecular weight excluding hydrogens is 371 g/mol. The van der Waals surface area contributed by atoms with Gasteiger partial charge in [0, 0.05) is 39.2 Å². The summed E-state index contributed by atoms with van der Waals surface area (Å²) in [6.07, 6.45) is 6.05. The third-order valence-corrected chi connectivity index (χ3v) is 7.02. The predicted octanol–water partition coefficient (Wildman–Crippen LogP) is 3.09. The molecule has 4 rings (SSSR count). The first-order chi connectivity index (χ1) is 13.9. The van der Waals surface area contributed by atoms with Crippen LogP contribution in [0.15, 0.2) is 18.2 Å². The molecule has 3 heterocycles. The summed E-state index contributed by atoms with van der Waals surface area (Å²) in [6.45, 7) is 5.64. The number of aryl methyl sites for hydroxylation is 1. The number of rotatable bonds is 4. The number of amides is 2. The van der Waals surface area contributed by atoms with Crippen LogP contribution in [0.3, 0.4) is 0 Å². The van der Waals surface area contributed by atoms with Gasteiger partial charge in [0.05, 0.1) is 12.5 Å². The van der Waals surface area contributed by atoms with Crippen molar-refractivity contribution in [1.82, 2.24) is 9.80 Å². The molecule has 1 atom stereocenters. The minimum Gasteiger partial charge on any atom is -0.376 e. The Hall–Kier alpha value is -1.95. The molecule has 29 heavy (non-hydrogen) atoms. The van der Waals surface area contributed by atoms with Crippen molar-refractivity contribution in [1.29, 1.82) is 0 Å². The third-order valence-electron chi connectivity index (χ3n) is 7.02. The van der Waals surface area contributed by atoms with Crippen LogP contribution in [0.4, 0.5) is 4.39 Å². The summed E-state index contributed by atoms with van der Waals surface area (Å²) in [5.41, 5.74) is 1.85. The average molecular weight is 403 g/mol. The zero-order chi connectivity index (χ0) is 20.4. The van der Waals surface area contributed by atoms with Crippen molar-refractivity contribution < 1.29 is 18.7 Å². The van der Waals surface area contributed by atoms with Crippen molar-refractivity contribution in [2.75, 3.05) is 32.8 Å². The molecule has 0 unspecified atom stereocenters. The lowest BCUT2D eigenvalue weighted by Crippen LogP contribution is -2.53. The van der Waals surface area contributed by atoms with Gasteiger partial charge in [-0.15, -0.1) is 0 Å². The van der Waals surface area contributed by atoms with Gasteiger partial charge in [-0.2, -0.15) is 0 Å². The smallest absolute Gasteiger partial charge is 0.226 e. The summed E-state index contributed by atoms with van der Waals surface area (Å²) in [6, 6.07) is 4.61. The number of carbonyl (C=O) groups is 2. The monoisotopic (exact) mass is 402 g/mol. The highest BCUT2D eigenvalue weighted by Gasteiger charge is 2.42. The van der Waals surface area contributed by atoms with Gasteiger partial charge in [0.2, 0.25) is 11.8 Å². The number of halogens is 1. The maximum Gasteiger partial charge on any atom is 0.226 e. The number of carbonyl (C=O) groups excluding carboxylic acids is 2. The lowest BCUT2D eigenvalue weighted by atomic mass is 9.72. The Morgan fingerprint density at radius 2 is 2.07 bits per heavy atom.